The van der Waals surface area contributed by atoms with Gasteiger partial charge < -0.3 is 15.4 Å². The van der Waals surface area contributed by atoms with Crippen molar-refractivity contribution >= 4 is 6.09 Å². The summed E-state index contributed by atoms with van der Waals surface area (Å²) in [6.45, 7) is 4.96. The molecule has 0 radical (unpaired) electrons. The van der Waals surface area contributed by atoms with E-state index in [0.29, 0.717) is 13.1 Å². The Labute approximate surface area is 66.3 Å². The molecule has 4 heteroatoms. The van der Waals surface area contributed by atoms with E-state index in [4.69, 9.17) is 10.5 Å². The lowest BCUT2D eigenvalue weighted by Crippen LogP contribution is -2.33. The Balaban J connectivity index is 2.52. The number of hydrogen-bond donors (Lipinski definition) is 1. The number of ether oxygens (including phenoxy) is 1. The Bertz CT molecular complexity index is 159. The first-order valence-electron chi connectivity index (χ1n) is 3.82. The summed E-state index contributed by atoms with van der Waals surface area (Å²) in [5.41, 5.74) is 5.35. The third-order valence-corrected chi connectivity index (χ3v) is 1.79. The van der Waals surface area contributed by atoms with E-state index in [0.717, 1.165) is 0 Å². The topological polar surface area (TPSA) is 55.6 Å². The quantitative estimate of drug-likeness (QED) is 0.623. The molecule has 4 nitrogen and oxygen atoms in total. The third-order valence-electron chi connectivity index (χ3n) is 1.79. The first-order valence-corrected chi connectivity index (χ1v) is 3.82. The maximum Gasteiger partial charge on any atom is 0.410 e. The van der Waals surface area contributed by atoms with Gasteiger partial charge >= 0.3 is 6.09 Å². The minimum Gasteiger partial charge on any atom is -0.443 e. The molecule has 0 unspecified atom stereocenters. The Morgan fingerprint density at radius 1 is 1.82 bits per heavy atom. The fourth-order valence-corrected chi connectivity index (χ4v) is 1.09. The van der Waals surface area contributed by atoms with Crippen LogP contribution in [-0.2, 0) is 4.74 Å². The highest BCUT2D eigenvalue weighted by atomic mass is 16.6. The predicted octanol–water partition coefficient (Wildman–Crippen LogP) is 0.174. The first kappa shape index (κ1) is 8.33. The molecule has 0 aliphatic carbocycles. The van der Waals surface area contributed by atoms with Gasteiger partial charge in [0.1, 0.15) is 6.10 Å². The van der Waals surface area contributed by atoms with Crippen molar-refractivity contribution in [2.24, 2.45) is 5.73 Å². The van der Waals surface area contributed by atoms with Gasteiger partial charge in [-0.15, -0.1) is 0 Å². The monoisotopic (exact) mass is 158 g/mol. The van der Waals surface area contributed by atoms with Crippen LogP contribution >= 0.6 is 0 Å². The van der Waals surface area contributed by atoms with Gasteiger partial charge in [-0.1, -0.05) is 0 Å². The summed E-state index contributed by atoms with van der Waals surface area (Å²) in [5.74, 6) is 0. The number of cyclic esters (lactones) is 1. The normalized spacial score (nSPS) is 24.5. The average molecular weight is 158 g/mol. The van der Waals surface area contributed by atoms with Gasteiger partial charge in [0.15, 0.2) is 0 Å². The molecule has 1 saturated heterocycles. The molecule has 1 fully saturated rings. The molecule has 1 rings (SSSR count). The zero-order valence-corrected chi connectivity index (χ0v) is 6.91. The van der Waals surface area contributed by atoms with E-state index in [1.54, 1.807) is 4.90 Å². The molecule has 0 aromatic heterocycles. The van der Waals surface area contributed by atoms with Crippen molar-refractivity contribution in [2.45, 2.75) is 26.0 Å². The van der Waals surface area contributed by atoms with Crippen molar-refractivity contribution in [1.29, 1.82) is 0 Å². The number of carbonyl (C=O) groups excluding carboxylic acids is 1. The summed E-state index contributed by atoms with van der Waals surface area (Å²) in [7, 11) is 0. The van der Waals surface area contributed by atoms with E-state index in [1.165, 1.54) is 0 Å². The Kier molecular flexibility index (Phi) is 2.34. The van der Waals surface area contributed by atoms with Crippen molar-refractivity contribution in [1.82, 2.24) is 4.90 Å². The number of amides is 1. The Morgan fingerprint density at radius 3 is 2.73 bits per heavy atom. The minimum atomic E-state index is -0.240. The van der Waals surface area contributed by atoms with Crippen molar-refractivity contribution in [3.8, 4) is 0 Å². The Hall–Kier alpha value is -0.770. The fourth-order valence-electron chi connectivity index (χ4n) is 1.09. The largest absolute Gasteiger partial charge is 0.443 e. The lowest BCUT2D eigenvalue weighted by molar-refractivity contribution is 0.132. The van der Waals surface area contributed by atoms with Gasteiger partial charge in [0.25, 0.3) is 0 Å². The number of nitrogens with zero attached hydrogens (tertiary/aromatic N) is 1. The third kappa shape index (κ3) is 1.63. The van der Waals surface area contributed by atoms with Crippen LogP contribution in [0.4, 0.5) is 4.79 Å². The second kappa shape index (κ2) is 3.09. The molecule has 0 spiro atoms. The SMILES string of the molecule is CC(C)N1C[C@@H](CN)OC1=O. The number of nitrogens with two attached hydrogens (primary N) is 1. The molecule has 1 amide bonds. The molecule has 0 aromatic carbocycles. The molecule has 1 atom stereocenters. The second-order valence-corrected chi connectivity index (χ2v) is 2.99. The number of rotatable bonds is 2. The lowest BCUT2D eigenvalue weighted by atomic mass is 10.3. The summed E-state index contributed by atoms with van der Waals surface area (Å²) in [6.07, 6.45) is -0.347. The minimum absolute atomic E-state index is 0.107. The number of hydrogen-bond acceptors (Lipinski definition) is 3. The molecule has 2 N–H and O–H groups in total. The van der Waals surface area contributed by atoms with Gasteiger partial charge in [0, 0.05) is 12.6 Å². The van der Waals surface area contributed by atoms with Crippen LogP contribution in [0.5, 0.6) is 0 Å². The van der Waals surface area contributed by atoms with E-state index in [1.807, 2.05) is 13.8 Å². The van der Waals surface area contributed by atoms with Crippen LogP contribution < -0.4 is 5.73 Å². The van der Waals surface area contributed by atoms with E-state index in [2.05, 4.69) is 0 Å². The summed E-state index contributed by atoms with van der Waals surface area (Å²) in [4.78, 5) is 12.7. The van der Waals surface area contributed by atoms with Crippen LogP contribution in [-0.4, -0.2) is 36.2 Å². The van der Waals surface area contributed by atoms with E-state index < -0.39 is 0 Å². The van der Waals surface area contributed by atoms with Crippen LogP contribution in [0.25, 0.3) is 0 Å². The maximum atomic E-state index is 11.0. The molecule has 11 heavy (non-hydrogen) atoms. The second-order valence-electron chi connectivity index (χ2n) is 2.99. The number of carbonyl (C=O) groups is 1. The molecule has 0 aromatic rings. The van der Waals surface area contributed by atoms with Gasteiger partial charge in [-0.25, -0.2) is 4.79 Å². The molecule has 0 bridgehead atoms. The zero-order chi connectivity index (χ0) is 8.43. The van der Waals surface area contributed by atoms with Gasteiger partial charge in [0.2, 0.25) is 0 Å². The highest BCUT2D eigenvalue weighted by Gasteiger charge is 2.31. The molecule has 1 heterocycles. The fraction of sp³-hybridized carbons (Fsp3) is 0.857. The molecular formula is C7H14N2O2. The lowest BCUT2D eigenvalue weighted by Gasteiger charge is -2.16. The van der Waals surface area contributed by atoms with Crippen LogP contribution in [0, 0.1) is 0 Å². The van der Waals surface area contributed by atoms with E-state index in [9.17, 15) is 4.79 Å². The van der Waals surface area contributed by atoms with Crippen LogP contribution in [0.1, 0.15) is 13.8 Å². The van der Waals surface area contributed by atoms with Crippen molar-refractivity contribution in [3.63, 3.8) is 0 Å². The summed E-state index contributed by atoms with van der Waals surface area (Å²) in [5, 5.41) is 0. The van der Waals surface area contributed by atoms with Crippen LogP contribution in [0.15, 0.2) is 0 Å². The molecule has 64 valence electrons. The summed E-state index contributed by atoms with van der Waals surface area (Å²) >= 11 is 0. The first-order chi connectivity index (χ1) is 5.15. The van der Waals surface area contributed by atoms with Crippen molar-refractivity contribution < 1.29 is 9.53 Å². The van der Waals surface area contributed by atoms with Crippen molar-refractivity contribution in [2.75, 3.05) is 13.1 Å². The maximum absolute atomic E-state index is 11.0. The Morgan fingerprint density at radius 2 is 2.45 bits per heavy atom. The zero-order valence-electron chi connectivity index (χ0n) is 6.91. The standard InChI is InChI=1S/C7H14N2O2/c1-5(2)9-4-6(3-8)11-7(9)10/h5-6H,3-4,8H2,1-2H3/t6-/m1/s1. The van der Waals surface area contributed by atoms with Crippen LogP contribution in [0.2, 0.25) is 0 Å². The highest BCUT2D eigenvalue weighted by Crippen LogP contribution is 2.12. The molecular weight excluding hydrogens is 144 g/mol. The van der Waals surface area contributed by atoms with E-state index in [-0.39, 0.29) is 18.2 Å². The van der Waals surface area contributed by atoms with Crippen LogP contribution in [0.3, 0.4) is 0 Å². The van der Waals surface area contributed by atoms with Gasteiger partial charge in [-0.3, -0.25) is 0 Å². The smallest absolute Gasteiger partial charge is 0.410 e. The molecule has 0 saturated carbocycles. The van der Waals surface area contributed by atoms with Gasteiger partial charge in [-0.05, 0) is 13.8 Å². The summed E-state index contributed by atoms with van der Waals surface area (Å²) < 4.78 is 4.95. The average Bonchev–Trinajstić information content (AvgIpc) is 2.30. The molecule has 1 aliphatic rings. The highest BCUT2D eigenvalue weighted by molar-refractivity contribution is 5.70. The molecule has 1 aliphatic heterocycles. The predicted molar refractivity (Wildman–Crippen MR) is 41.2 cm³/mol. The van der Waals surface area contributed by atoms with Gasteiger partial charge in [-0.2, -0.15) is 0 Å². The van der Waals surface area contributed by atoms with Gasteiger partial charge in [0.05, 0.1) is 6.54 Å². The van der Waals surface area contributed by atoms with Crippen molar-refractivity contribution in [3.05, 3.63) is 0 Å². The summed E-state index contributed by atoms with van der Waals surface area (Å²) in [6, 6.07) is 0.207. The van der Waals surface area contributed by atoms with E-state index >= 15 is 0 Å².